The first kappa shape index (κ1) is 14.1. The number of rotatable bonds is 9. The Hall–Kier alpha value is -0.970. The Labute approximate surface area is 108 Å². The average Bonchev–Trinajstić information content (AvgIpc) is 2.75. The predicted molar refractivity (Wildman–Crippen MR) is 75.2 cm³/mol. The molecule has 0 amide bonds. The van der Waals surface area contributed by atoms with E-state index >= 15 is 0 Å². The number of nitrogens with one attached hydrogen (secondary N) is 1. The van der Waals surface area contributed by atoms with Gasteiger partial charge in [0.2, 0.25) is 0 Å². The van der Waals surface area contributed by atoms with Crippen molar-refractivity contribution in [2.45, 2.75) is 20.0 Å². The van der Waals surface area contributed by atoms with Crippen molar-refractivity contribution in [3.63, 3.8) is 0 Å². The maximum absolute atomic E-state index is 4.60. The summed E-state index contributed by atoms with van der Waals surface area (Å²) in [5.74, 6) is 0. The molecule has 1 rings (SSSR count). The highest BCUT2D eigenvalue weighted by Crippen LogP contribution is 2.11. The van der Waals surface area contributed by atoms with Crippen LogP contribution in [0.2, 0.25) is 0 Å². The van der Waals surface area contributed by atoms with Crippen LogP contribution < -0.4 is 5.32 Å². The summed E-state index contributed by atoms with van der Waals surface area (Å²) in [6.45, 7) is 14.1. The van der Waals surface area contributed by atoms with E-state index in [4.69, 9.17) is 0 Å². The van der Waals surface area contributed by atoms with Gasteiger partial charge in [-0.05, 0) is 6.54 Å². The van der Waals surface area contributed by atoms with Crippen molar-refractivity contribution >= 4 is 11.3 Å². The molecule has 0 atom stereocenters. The summed E-state index contributed by atoms with van der Waals surface area (Å²) in [4.78, 5) is 6.85. The molecule has 1 aromatic rings. The zero-order valence-corrected chi connectivity index (χ0v) is 11.3. The van der Waals surface area contributed by atoms with E-state index in [-0.39, 0.29) is 0 Å². The highest BCUT2D eigenvalue weighted by atomic mass is 32.1. The van der Waals surface area contributed by atoms with Crippen LogP contribution in [-0.4, -0.2) is 29.5 Å². The van der Waals surface area contributed by atoms with Crippen LogP contribution >= 0.6 is 11.3 Å². The van der Waals surface area contributed by atoms with Gasteiger partial charge in [0.1, 0.15) is 5.01 Å². The Morgan fingerprint density at radius 1 is 1.41 bits per heavy atom. The number of hydrogen-bond acceptors (Lipinski definition) is 4. The standard InChI is InChI=1S/C13H21N3S/c1-4-7-16(8-5-2)10-12-11-17-13(15-12)9-14-6-3/h4-5,11,14H,1-2,6-10H2,3H3. The first-order valence-electron chi connectivity index (χ1n) is 5.88. The molecular weight excluding hydrogens is 230 g/mol. The van der Waals surface area contributed by atoms with Crippen LogP contribution in [0.1, 0.15) is 17.6 Å². The van der Waals surface area contributed by atoms with E-state index in [9.17, 15) is 0 Å². The lowest BCUT2D eigenvalue weighted by molar-refractivity contribution is 0.324. The predicted octanol–water partition coefficient (Wildman–Crippen LogP) is 2.43. The fourth-order valence-electron chi connectivity index (χ4n) is 1.53. The molecule has 0 aliphatic carbocycles. The second kappa shape index (κ2) is 8.17. The molecule has 0 aliphatic heterocycles. The molecule has 1 aromatic heterocycles. The number of hydrogen-bond donors (Lipinski definition) is 1. The van der Waals surface area contributed by atoms with Crippen LogP contribution in [0.25, 0.3) is 0 Å². The van der Waals surface area contributed by atoms with Crippen molar-refractivity contribution < 1.29 is 0 Å². The highest BCUT2D eigenvalue weighted by molar-refractivity contribution is 7.09. The highest BCUT2D eigenvalue weighted by Gasteiger charge is 2.06. The minimum absolute atomic E-state index is 0.862. The zero-order valence-electron chi connectivity index (χ0n) is 10.5. The third-order valence-corrected chi connectivity index (χ3v) is 3.18. The summed E-state index contributed by atoms with van der Waals surface area (Å²) in [5, 5.41) is 6.57. The summed E-state index contributed by atoms with van der Waals surface area (Å²) in [6, 6.07) is 0. The van der Waals surface area contributed by atoms with E-state index in [2.05, 4.69) is 40.7 Å². The molecule has 0 fully saturated rings. The van der Waals surface area contributed by atoms with Crippen molar-refractivity contribution in [2.24, 2.45) is 0 Å². The summed E-state index contributed by atoms with van der Waals surface area (Å²) >= 11 is 1.72. The van der Waals surface area contributed by atoms with Gasteiger partial charge in [0, 0.05) is 31.6 Å². The van der Waals surface area contributed by atoms with Gasteiger partial charge < -0.3 is 5.32 Å². The largest absolute Gasteiger partial charge is 0.311 e. The van der Waals surface area contributed by atoms with Crippen LogP contribution in [0.4, 0.5) is 0 Å². The third kappa shape index (κ3) is 5.26. The van der Waals surface area contributed by atoms with Gasteiger partial charge in [0.25, 0.3) is 0 Å². The van der Waals surface area contributed by atoms with Crippen molar-refractivity contribution in [2.75, 3.05) is 19.6 Å². The summed E-state index contributed by atoms with van der Waals surface area (Å²) < 4.78 is 0. The first-order valence-corrected chi connectivity index (χ1v) is 6.76. The molecule has 4 heteroatoms. The molecule has 3 nitrogen and oxygen atoms in total. The minimum Gasteiger partial charge on any atom is -0.311 e. The molecule has 1 N–H and O–H groups in total. The second-order valence-corrected chi connectivity index (χ2v) is 4.73. The van der Waals surface area contributed by atoms with Gasteiger partial charge >= 0.3 is 0 Å². The van der Waals surface area contributed by atoms with Crippen LogP contribution in [-0.2, 0) is 13.1 Å². The molecule has 0 aliphatic rings. The van der Waals surface area contributed by atoms with E-state index in [1.54, 1.807) is 11.3 Å². The molecule has 0 aromatic carbocycles. The fraction of sp³-hybridized carbons (Fsp3) is 0.462. The fourth-order valence-corrected chi connectivity index (χ4v) is 2.29. The Morgan fingerprint density at radius 2 is 2.12 bits per heavy atom. The van der Waals surface area contributed by atoms with E-state index in [0.29, 0.717) is 0 Å². The monoisotopic (exact) mass is 251 g/mol. The molecule has 0 bridgehead atoms. The lowest BCUT2D eigenvalue weighted by Crippen LogP contribution is -2.23. The van der Waals surface area contributed by atoms with Gasteiger partial charge in [-0.25, -0.2) is 4.98 Å². The smallest absolute Gasteiger partial charge is 0.107 e. The molecule has 0 radical (unpaired) electrons. The Morgan fingerprint density at radius 3 is 2.71 bits per heavy atom. The van der Waals surface area contributed by atoms with E-state index < -0.39 is 0 Å². The van der Waals surface area contributed by atoms with Gasteiger partial charge in [-0.2, -0.15) is 0 Å². The first-order chi connectivity index (χ1) is 8.30. The van der Waals surface area contributed by atoms with Crippen molar-refractivity contribution in [3.05, 3.63) is 41.4 Å². The molecule has 94 valence electrons. The summed E-state index contributed by atoms with van der Waals surface area (Å²) in [6.07, 6.45) is 3.82. The Bertz CT molecular complexity index is 336. The Balaban J connectivity index is 2.50. The van der Waals surface area contributed by atoms with Gasteiger partial charge in [0.15, 0.2) is 0 Å². The zero-order chi connectivity index (χ0) is 12.5. The SMILES string of the molecule is C=CCN(CC=C)Cc1csc(CNCC)n1. The molecular formula is C13H21N3S. The number of nitrogens with zero attached hydrogens (tertiary/aromatic N) is 2. The molecule has 0 saturated heterocycles. The van der Waals surface area contributed by atoms with Gasteiger partial charge in [-0.15, -0.1) is 24.5 Å². The van der Waals surface area contributed by atoms with Crippen LogP contribution in [0.15, 0.2) is 30.7 Å². The van der Waals surface area contributed by atoms with Crippen molar-refractivity contribution in [3.8, 4) is 0 Å². The van der Waals surface area contributed by atoms with Gasteiger partial charge in [-0.3, -0.25) is 4.90 Å². The molecule has 17 heavy (non-hydrogen) atoms. The maximum Gasteiger partial charge on any atom is 0.107 e. The van der Waals surface area contributed by atoms with Crippen molar-refractivity contribution in [1.82, 2.24) is 15.2 Å². The van der Waals surface area contributed by atoms with Crippen LogP contribution in [0.5, 0.6) is 0 Å². The molecule has 0 saturated carbocycles. The molecule has 1 heterocycles. The van der Waals surface area contributed by atoms with E-state index in [1.807, 2.05) is 12.2 Å². The van der Waals surface area contributed by atoms with E-state index in [0.717, 1.165) is 43.4 Å². The van der Waals surface area contributed by atoms with Gasteiger partial charge in [0.05, 0.1) is 5.69 Å². The lowest BCUT2D eigenvalue weighted by Gasteiger charge is -2.16. The quantitative estimate of drug-likeness (QED) is 0.683. The molecule has 0 spiro atoms. The maximum atomic E-state index is 4.60. The Kier molecular flexibility index (Phi) is 6.77. The minimum atomic E-state index is 0.862. The van der Waals surface area contributed by atoms with Crippen LogP contribution in [0, 0.1) is 0 Å². The third-order valence-electron chi connectivity index (χ3n) is 2.29. The summed E-state index contributed by atoms with van der Waals surface area (Å²) in [7, 11) is 0. The topological polar surface area (TPSA) is 28.2 Å². The van der Waals surface area contributed by atoms with Gasteiger partial charge in [-0.1, -0.05) is 19.1 Å². The summed E-state index contributed by atoms with van der Waals surface area (Å²) in [5.41, 5.74) is 1.13. The van der Waals surface area contributed by atoms with Crippen LogP contribution in [0.3, 0.4) is 0 Å². The van der Waals surface area contributed by atoms with Crippen molar-refractivity contribution in [1.29, 1.82) is 0 Å². The molecule has 0 unspecified atom stereocenters. The lowest BCUT2D eigenvalue weighted by atomic mass is 10.4. The normalized spacial score (nSPS) is 10.7. The second-order valence-electron chi connectivity index (χ2n) is 3.78. The van der Waals surface area contributed by atoms with E-state index in [1.165, 1.54) is 0 Å². The average molecular weight is 251 g/mol. The number of aromatic nitrogens is 1. The number of thiazole rings is 1.